The molecule has 0 radical (unpaired) electrons. The third-order valence-corrected chi connectivity index (χ3v) is 19.4. The number of carboxylic acids is 4. The van der Waals surface area contributed by atoms with E-state index in [2.05, 4.69) is 79.1 Å². The van der Waals surface area contributed by atoms with Gasteiger partial charge < -0.3 is 139 Å². The molecule has 0 aromatic rings. The molecule has 674 valence electrons. The predicted molar refractivity (Wildman–Crippen MR) is 427 cm³/mol. The van der Waals surface area contributed by atoms with Crippen molar-refractivity contribution < 1.29 is 117 Å². The first-order chi connectivity index (χ1) is 55.6. The Morgan fingerprint density at radius 1 is 0.437 bits per heavy atom. The number of nitrogens with one attached hydrogen (secondary N) is 13. The molecule has 0 aromatic carbocycles. The van der Waals surface area contributed by atoms with Crippen molar-refractivity contribution in [2.24, 2.45) is 68.1 Å². The fraction of sp³-hybridized carbons (Fsp3) is 0.726. The lowest BCUT2D eigenvalue weighted by Gasteiger charge is -2.32. The first kappa shape index (κ1) is 106. The Labute approximate surface area is 689 Å². The maximum absolute atomic E-state index is 14.8. The van der Waals surface area contributed by atoms with Gasteiger partial charge in [-0.15, -0.1) is 0 Å². The number of aliphatic imine (C=N–C) groups is 2. The molecule has 14 amide bonds. The highest BCUT2D eigenvalue weighted by molar-refractivity contribution is 6.01. The SMILES string of the molecule is CC[C@H](C)[C@H](NC(=O)CNC(=O)[C@H](CC(=O)O)NC(=O)[C@@H]1CCCN1C(=O)[C@H](CCCCN)NC(=O)[C@@H](NC(=O)[C@H](CC(C)C)NC(=O)[C@@H](NC(=O)[C@H](C)NC(=O)[C@@H](NC(=O)[C@H](CCCN=C(N)N)NC(=O)[C@H](CCC(=O)O)NC(=O)[C@@H](N)[C@@H](C)O)[C@@H](C)O)C(C)C)[C@@H](C)CC)C(=O)N[C@@H](CCC(=O)O)C(=O)N[C@@H](CCCN=C(N)N)C(=O)O. The first-order valence-corrected chi connectivity index (χ1v) is 39.7. The van der Waals surface area contributed by atoms with Crippen LogP contribution in [0.2, 0.25) is 0 Å². The van der Waals surface area contributed by atoms with Gasteiger partial charge in [0.2, 0.25) is 82.7 Å². The minimum atomic E-state index is -1.89. The zero-order valence-electron chi connectivity index (χ0n) is 69.4. The fourth-order valence-corrected chi connectivity index (χ4v) is 12.0. The predicted octanol–water partition coefficient (Wildman–Crippen LogP) is -7.66. The standard InChI is InChI=1S/C73H128N22O24/c1-12-36(7)55(67(114)86-43(24-26-51(101)102)61(108)88-45(71(118)119)21-17-29-81-73(78)79)91-49(98)33-82-59(106)47(32-52(103)104)89-64(111)48-22-18-30-95(48)70(117)44(19-14-15-27-74)87-68(115)56(37(8)13-2)93-63(110)46(31-34(3)4)90-66(113)54(35(5)6)92-58(105)38(9)83-69(116)57(40(11)97)94-62(109)41(20-16-28-80-72(76)77)84-60(107)42(23-25-50(99)100)85-65(112)53(75)39(10)96/h34-48,53-57,96-97H,12-33,74-75H2,1-11H3,(H,82,106)(H,83,116)(H,84,107)(H,85,112)(H,86,114)(H,87,115)(H,88,108)(H,89,111)(H,90,113)(H,91,98)(H,92,105)(H,93,110)(H,94,109)(H,99,100)(H,101,102)(H,103,104)(H,118,119)(H4,76,77,80)(H4,78,79,81)/t36-,37-,38-,39+,40+,41-,42-,43-,44-,45-,46-,47-,48-,53-,54-,55-,56-,57-/m0/s1. The van der Waals surface area contributed by atoms with Crippen molar-refractivity contribution in [1.82, 2.24) is 74.0 Å². The second kappa shape index (κ2) is 54.0. The molecule has 31 N–H and O–H groups in total. The molecule has 1 aliphatic heterocycles. The van der Waals surface area contributed by atoms with Gasteiger partial charge >= 0.3 is 23.9 Å². The molecule has 0 aliphatic carbocycles. The lowest BCUT2D eigenvalue weighted by molar-refractivity contribution is -0.144. The zero-order chi connectivity index (χ0) is 90.8. The summed E-state index contributed by atoms with van der Waals surface area (Å²) in [5, 5.41) is 90.9. The van der Waals surface area contributed by atoms with Crippen LogP contribution in [0, 0.1) is 23.7 Å². The van der Waals surface area contributed by atoms with Gasteiger partial charge in [-0.2, -0.15) is 0 Å². The maximum atomic E-state index is 14.8. The van der Waals surface area contributed by atoms with Gasteiger partial charge in [0, 0.05) is 32.5 Å². The number of carbonyl (C=O) groups excluding carboxylic acids is 14. The van der Waals surface area contributed by atoms with Crippen LogP contribution in [-0.4, -0.2) is 284 Å². The van der Waals surface area contributed by atoms with E-state index in [9.17, 15) is 117 Å². The summed E-state index contributed by atoms with van der Waals surface area (Å²) in [4.78, 5) is 252. The number of aliphatic hydroxyl groups excluding tert-OH is 2. The number of aliphatic hydroxyl groups is 2. The Morgan fingerprint density at radius 2 is 0.866 bits per heavy atom. The van der Waals surface area contributed by atoms with Crippen LogP contribution in [0.15, 0.2) is 9.98 Å². The minimum Gasteiger partial charge on any atom is -0.481 e. The lowest BCUT2D eigenvalue weighted by atomic mass is 9.95. The molecule has 1 saturated heterocycles. The van der Waals surface area contributed by atoms with Crippen molar-refractivity contribution in [3.63, 3.8) is 0 Å². The van der Waals surface area contributed by atoms with E-state index in [4.69, 9.17) is 34.4 Å². The van der Waals surface area contributed by atoms with Gasteiger partial charge in [-0.1, -0.05) is 68.2 Å². The molecular weight excluding hydrogens is 1570 g/mol. The second-order valence-electron chi connectivity index (χ2n) is 30.2. The van der Waals surface area contributed by atoms with E-state index in [0.717, 1.165) is 11.8 Å². The van der Waals surface area contributed by atoms with Crippen molar-refractivity contribution >= 4 is 118 Å². The summed E-state index contributed by atoms with van der Waals surface area (Å²) in [6.07, 6.45) is -5.57. The lowest BCUT2D eigenvalue weighted by Crippen LogP contribution is -2.62. The van der Waals surface area contributed by atoms with E-state index in [1.54, 1.807) is 48.5 Å². The summed E-state index contributed by atoms with van der Waals surface area (Å²) in [5.41, 5.74) is 33.1. The molecule has 1 rings (SSSR count). The molecule has 46 heteroatoms. The quantitative estimate of drug-likeness (QED) is 0.0153. The number of amides is 14. The number of hydrogen-bond acceptors (Lipinski definition) is 24. The van der Waals surface area contributed by atoms with Gasteiger partial charge in [-0.05, 0) is 128 Å². The van der Waals surface area contributed by atoms with Crippen molar-refractivity contribution in [1.29, 1.82) is 0 Å². The van der Waals surface area contributed by atoms with Gasteiger partial charge in [-0.25, -0.2) is 4.79 Å². The van der Waals surface area contributed by atoms with Crippen molar-refractivity contribution in [3.8, 4) is 0 Å². The van der Waals surface area contributed by atoms with E-state index in [1.165, 1.54) is 20.8 Å². The van der Waals surface area contributed by atoms with Gasteiger partial charge in [0.1, 0.15) is 84.6 Å². The number of carbonyl (C=O) groups is 18. The molecule has 1 heterocycles. The highest BCUT2D eigenvalue weighted by Gasteiger charge is 2.43. The monoisotopic (exact) mass is 1700 g/mol. The Kier molecular flexibility index (Phi) is 48.1. The number of nitrogens with zero attached hydrogens (tertiary/aromatic N) is 3. The van der Waals surface area contributed by atoms with Crippen molar-refractivity contribution in [2.45, 2.75) is 282 Å². The van der Waals surface area contributed by atoms with E-state index in [-0.39, 0.29) is 115 Å². The number of unbranched alkanes of at least 4 members (excludes halogenated alkanes) is 1. The Morgan fingerprint density at radius 3 is 1.34 bits per heavy atom. The minimum absolute atomic E-state index is 0.00836. The van der Waals surface area contributed by atoms with Crippen LogP contribution in [0.25, 0.3) is 0 Å². The number of hydrogen-bond donors (Lipinski definition) is 25. The molecule has 18 atom stereocenters. The second-order valence-corrected chi connectivity index (χ2v) is 30.2. The van der Waals surface area contributed by atoms with Gasteiger partial charge in [0.15, 0.2) is 11.9 Å². The number of guanidine groups is 2. The first-order valence-electron chi connectivity index (χ1n) is 39.7. The van der Waals surface area contributed by atoms with Crippen LogP contribution in [0.3, 0.4) is 0 Å². The van der Waals surface area contributed by atoms with Crippen molar-refractivity contribution in [3.05, 3.63) is 0 Å². The molecule has 1 aliphatic rings. The third kappa shape index (κ3) is 39.3. The summed E-state index contributed by atoms with van der Waals surface area (Å²) < 4.78 is 0. The van der Waals surface area contributed by atoms with Crippen LogP contribution < -0.4 is 104 Å². The average Bonchev–Trinajstić information content (AvgIpc) is 1.75. The van der Waals surface area contributed by atoms with Gasteiger partial charge in [0.05, 0.1) is 25.2 Å². The van der Waals surface area contributed by atoms with Crippen LogP contribution in [0.4, 0.5) is 0 Å². The number of nitrogens with two attached hydrogens (primary N) is 6. The summed E-state index contributed by atoms with van der Waals surface area (Å²) in [6.45, 7) is 15.8. The molecule has 1 fully saturated rings. The molecule has 0 spiro atoms. The molecule has 0 saturated carbocycles. The number of carboxylic acid groups (broad SMARTS) is 4. The average molecular weight is 1700 g/mol. The highest BCUT2D eigenvalue weighted by Crippen LogP contribution is 2.22. The van der Waals surface area contributed by atoms with Crippen molar-refractivity contribution in [2.75, 3.05) is 32.7 Å². The van der Waals surface area contributed by atoms with Gasteiger partial charge in [-0.3, -0.25) is 91.5 Å². The van der Waals surface area contributed by atoms with Gasteiger partial charge in [0.25, 0.3) is 0 Å². The summed E-state index contributed by atoms with van der Waals surface area (Å²) in [6, 6.07) is -21.6. The summed E-state index contributed by atoms with van der Waals surface area (Å²) in [7, 11) is 0. The topological polar surface area (TPSA) is 769 Å². The summed E-state index contributed by atoms with van der Waals surface area (Å²) >= 11 is 0. The zero-order valence-corrected chi connectivity index (χ0v) is 69.4. The molecule has 0 aromatic heterocycles. The van der Waals surface area contributed by atoms with E-state index < -0.39 is 260 Å². The van der Waals surface area contributed by atoms with Crippen LogP contribution in [0.1, 0.15) is 185 Å². The smallest absolute Gasteiger partial charge is 0.326 e. The highest BCUT2D eigenvalue weighted by atomic mass is 16.4. The van der Waals surface area contributed by atoms with Crippen LogP contribution >= 0.6 is 0 Å². The molecule has 0 bridgehead atoms. The Balaban J connectivity index is 3.48. The normalized spacial score (nSPS) is 16.7. The number of rotatable bonds is 57. The fourth-order valence-electron chi connectivity index (χ4n) is 12.0. The molecule has 119 heavy (non-hydrogen) atoms. The van der Waals surface area contributed by atoms with E-state index in [0.29, 0.717) is 6.42 Å². The Hall–Kier alpha value is -11.2. The van der Waals surface area contributed by atoms with Crippen LogP contribution in [-0.2, 0) is 86.3 Å². The van der Waals surface area contributed by atoms with Crippen LogP contribution in [0.5, 0.6) is 0 Å². The number of likely N-dealkylation sites (tertiary alicyclic amines) is 1. The largest absolute Gasteiger partial charge is 0.481 e. The Bertz CT molecular complexity index is 3520. The van der Waals surface area contributed by atoms with E-state index >= 15 is 0 Å². The molecule has 0 unspecified atom stereocenters. The summed E-state index contributed by atoms with van der Waals surface area (Å²) in [5.74, 6) is -22.7. The van der Waals surface area contributed by atoms with E-state index in [1.807, 2.05) is 0 Å². The molecular formula is C73H128N22O24. The number of aliphatic carboxylic acids is 4. The third-order valence-electron chi connectivity index (χ3n) is 19.4. The molecule has 46 nitrogen and oxygen atoms in total. The maximum Gasteiger partial charge on any atom is 0.326 e.